The fraction of sp³-hybridized carbons (Fsp3) is 0.0769. The highest BCUT2D eigenvalue weighted by atomic mass is 79.9. The summed E-state index contributed by atoms with van der Waals surface area (Å²) in [5.74, 6) is 0.409. The lowest BCUT2D eigenvalue weighted by molar-refractivity contribution is 0.625. The van der Waals surface area contributed by atoms with Gasteiger partial charge in [-0.25, -0.2) is 4.39 Å². The van der Waals surface area contributed by atoms with Crippen molar-refractivity contribution in [2.75, 3.05) is 5.73 Å². The summed E-state index contributed by atoms with van der Waals surface area (Å²) in [5.41, 5.74) is 7.40. The van der Waals surface area contributed by atoms with Gasteiger partial charge < -0.3 is 5.73 Å². The minimum atomic E-state index is -0.246. The normalized spacial score (nSPS) is 10.6. The number of anilines is 1. The van der Waals surface area contributed by atoms with Crippen molar-refractivity contribution in [1.29, 1.82) is 0 Å². The Hall–Kier alpha value is -0.710. The highest BCUT2D eigenvalue weighted by Crippen LogP contribution is 2.30. The molecule has 1 nitrogen and oxygen atoms in total. The van der Waals surface area contributed by atoms with E-state index in [1.54, 1.807) is 23.9 Å². The molecule has 94 valence electrons. The number of hydrogen-bond acceptors (Lipinski definition) is 2. The van der Waals surface area contributed by atoms with Crippen LogP contribution in [-0.2, 0) is 5.75 Å². The highest BCUT2D eigenvalue weighted by molar-refractivity contribution is 9.10. The second-order valence-corrected chi connectivity index (χ2v) is 6.12. The molecule has 0 amide bonds. The van der Waals surface area contributed by atoms with E-state index in [-0.39, 0.29) is 5.82 Å². The van der Waals surface area contributed by atoms with Gasteiger partial charge >= 0.3 is 0 Å². The minimum absolute atomic E-state index is 0.246. The number of halogens is 3. The van der Waals surface area contributed by atoms with Crippen molar-refractivity contribution >= 4 is 45.0 Å². The van der Waals surface area contributed by atoms with E-state index in [1.165, 1.54) is 12.1 Å². The Morgan fingerprint density at radius 1 is 1.22 bits per heavy atom. The number of nitrogens with two attached hydrogens (primary N) is 1. The minimum Gasteiger partial charge on any atom is -0.398 e. The number of benzene rings is 2. The topological polar surface area (TPSA) is 26.0 Å². The predicted octanol–water partition coefficient (Wildman–Crippen LogP) is 5.12. The third-order valence-electron chi connectivity index (χ3n) is 2.29. The van der Waals surface area contributed by atoms with E-state index < -0.39 is 0 Å². The molecule has 0 atom stereocenters. The zero-order chi connectivity index (χ0) is 13.1. The molecule has 2 rings (SSSR count). The summed E-state index contributed by atoms with van der Waals surface area (Å²) in [6.45, 7) is 0. The van der Waals surface area contributed by atoms with Crippen molar-refractivity contribution in [1.82, 2.24) is 0 Å². The molecule has 2 aromatic carbocycles. The second-order valence-electron chi connectivity index (χ2n) is 3.75. The summed E-state index contributed by atoms with van der Waals surface area (Å²) in [4.78, 5) is 0.944. The zero-order valence-electron chi connectivity index (χ0n) is 9.29. The Balaban J connectivity index is 2.11. The molecule has 0 aliphatic carbocycles. The molecule has 0 bridgehead atoms. The van der Waals surface area contributed by atoms with Crippen molar-refractivity contribution in [2.24, 2.45) is 0 Å². The van der Waals surface area contributed by atoms with Crippen molar-refractivity contribution in [3.05, 3.63) is 57.3 Å². The largest absolute Gasteiger partial charge is 0.398 e. The van der Waals surface area contributed by atoms with Gasteiger partial charge in [-0.3, -0.25) is 0 Å². The van der Waals surface area contributed by atoms with Crippen LogP contribution in [0.25, 0.3) is 0 Å². The van der Waals surface area contributed by atoms with Crippen LogP contribution >= 0.6 is 39.3 Å². The lowest BCUT2D eigenvalue weighted by Crippen LogP contribution is -1.89. The maximum absolute atomic E-state index is 13.2. The number of thioether (sulfide) groups is 1. The maximum atomic E-state index is 13.2. The molecule has 5 heteroatoms. The van der Waals surface area contributed by atoms with Gasteiger partial charge in [0.1, 0.15) is 5.82 Å². The Kier molecular flexibility index (Phi) is 4.54. The SMILES string of the molecule is Nc1cc(Cl)ccc1SCc1cc(F)cc(Br)c1. The summed E-state index contributed by atoms with van der Waals surface area (Å²) in [6, 6.07) is 10.2. The van der Waals surface area contributed by atoms with Crippen LogP contribution in [0.2, 0.25) is 5.02 Å². The molecule has 0 spiro atoms. The lowest BCUT2D eigenvalue weighted by Gasteiger charge is -2.06. The number of nitrogen functional groups attached to an aromatic ring is 1. The first kappa shape index (κ1) is 13.7. The van der Waals surface area contributed by atoms with E-state index in [2.05, 4.69) is 15.9 Å². The van der Waals surface area contributed by atoms with Crippen molar-refractivity contribution in [2.45, 2.75) is 10.6 Å². The summed E-state index contributed by atoms with van der Waals surface area (Å²) in [5, 5.41) is 0.616. The molecule has 18 heavy (non-hydrogen) atoms. The first-order valence-corrected chi connectivity index (χ1v) is 7.33. The Bertz CT molecular complexity index is 557. The van der Waals surface area contributed by atoms with E-state index in [1.807, 2.05) is 12.1 Å². The van der Waals surface area contributed by atoms with Gasteiger partial charge in [0.2, 0.25) is 0 Å². The average Bonchev–Trinajstić information content (AvgIpc) is 2.26. The molecule has 0 saturated carbocycles. The fourth-order valence-corrected chi connectivity index (χ4v) is 3.08. The van der Waals surface area contributed by atoms with Gasteiger partial charge in [0, 0.05) is 25.8 Å². The zero-order valence-corrected chi connectivity index (χ0v) is 12.4. The van der Waals surface area contributed by atoms with E-state index >= 15 is 0 Å². The van der Waals surface area contributed by atoms with Gasteiger partial charge in [-0.1, -0.05) is 27.5 Å². The standard InChI is InChI=1S/C13H10BrClFNS/c14-9-3-8(4-11(16)5-9)7-18-13-2-1-10(15)6-12(13)17/h1-6H,7,17H2. The maximum Gasteiger partial charge on any atom is 0.124 e. The average molecular weight is 347 g/mol. The summed E-state index contributed by atoms with van der Waals surface area (Å²) in [6.07, 6.45) is 0. The molecule has 0 unspecified atom stereocenters. The number of hydrogen-bond donors (Lipinski definition) is 1. The molecule has 2 aromatic rings. The third-order valence-corrected chi connectivity index (χ3v) is 4.14. The van der Waals surface area contributed by atoms with E-state index in [4.69, 9.17) is 17.3 Å². The third kappa shape index (κ3) is 3.64. The molecule has 0 saturated heterocycles. The van der Waals surface area contributed by atoms with E-state index in [0.717, 1.165) is 14.9 Å². The summed E-state index contributed by atoms with van der Waals surface area (Å²) < 4.78 is 13.9. The first-order valence-electron chi connectivity index (χ1n) is 5.17. The van der Waals surface area contributed by atoms with Crippen LogP contribution in [0.4, 0.5) is 10.1 Å². The van der Waals surface area contributed by atoms with Gasteiger partial charge in [-0.15, -0.1) is 11.8 Å². The molecule has 0 fully saturated rings. The van der Waals surface area contributed by atoms with E-state index in [0.29, 0.717) is 16.5 Å². The van der Waals surface area contributed by atoms with Crippen LogP contribution < -0.4 is 5.73 Å². The van der Waals surface area contributed by atoms with Crippen LogP contribution in [0.3, 0.4) is 0 Å². The molecule has 2 N–H and O–H groups in total. The number of rotatable bonds is 3. The van der Waals surface area contributed by atoms with Crippen LogP contribution in [-0.4, -0.2) is 0 Å². The highest BCUT2D eigenvalue weighted by Gasteiger charge is 2.04. The Morgan fingerprint density at radius 2 is 2.00 bits per heavy atom. The van der Waals surface area contributed by atoms with Gasteiger partial charge in [-0.05, 0) is 42.0 Å². The fourth-order valence-electron chi connectivity index (χ4n) is 1.51. The van der Waals surface area contributed by atoms with E-state index in [9.17, 15) is 4.39 Å². The molecule has 0 aliphatic rings. The summed E-state index contributed by atoms with van der Waals surface area (Å²) in [7, 11) is 0. The predicted molar refractivity (Wildman–Crippen MR) is 79.5 cm³/mol. The molecule has 0 aliphatic heterocycles. The lowest BCUT2D eigenvalue weighted by atomic mass is 10.2. The Labute approximate surface area is 123 Å². The molecular weight excluding hydrogens is 337 g/mol. The Morgan fingerprint density at radius 3 is 2.67 bits per heavy atom. The van der Waals surface area contributed by atoms with Gasteiger partial charge in [0.05, 0.1) is 0 Å². The second kappa shape index (κ2) is 5.95. The first-order chi connectivity index (χ1) is 8.54. The van der Waals surface area contributed by atoms with Gasteiger partial charge in [0.25, 0.3) is 0 Å². The van der Waals surface area contributed by atoms with Gasteiger partial charge in [-0.2, -0.15) is 0 Å². The van der Waals surface area contributed by atoms with Gasteiger partial charge in [0.15, 0.2) is 0 Å². The van der Waals surface area contributed by atoms with Crippen molar-refractivity contribution < 1.29 is 4.39 Å². The van der Waals surface area contributed by atoms with Crippen LogP contribution in [0.1, 0.15) is 5.56 Å². The molecular formula is C13H10BrClFNS. The van der Waals surface area contributed by atoms with Crippen LogP contribution in [0.15, 0.2) is 45.8 Å². The molecule has 0 radical (unpaired) electrons. The molecule has 0 aromatic heterocycles. The molecule has 0 heterocycles. The smallest absolute Gasteiger partial charge is 0.124 e. The van der Waals surface area contributed by atoms with Crippen molar-refractivity contribution in [3.8, 4) is 0 Å². The monoisotopic (exact) mass is 345 g/mol. The van der Waals surface area contributed by atoms with Crippen molar-refractivity contribution in [3.63, 3.8) is 0 Å². The quantitative estimate of drug-likeness (QED) is 0.617. The summed E-state index contributed by atoms with van der Waals surface area (Å²) >= 11 is 10.7. The van der Waals surface area contributed by atoms with Crippen LogP contribution in [0.5, 0.6) is 0 Å². The van der Waals surface area contributed by atoms with Crippen LogP contribution in [0, 0.1) is 5.82 Å².